The predicted octanol–water partition coefficient (Wildman–Crippen LogP) is 2.89. The van der Waals surface area contributed by atoms with Crippen LogP contribution in [0.15, 0.2) is 29.3 Å². The van der Waals surface area contributed by atoms with E-state index >= 15 is 0 Å². The Balaban J connectivity index is 0.00000420. The van der Waals surface area contributed by atoms with Crippen molar-refractivity contribution in [1.29, 1.82) is 0 Å². The molecular formula is C21H36IN5OS. The summed E-state index contributed by atoms with van der Waals surface area (Å²) in [4.78, 5) is 21.6. The Labute approximate surface area is 197 Å². The van der Waals surface area contributed by atoms with Crippen molar-refractivity contribution in [2.24, 2.45) is 4.99 Å². The molecule has 6 nitrogen and oxygen atoms in total. The Morgan fingerprint density at radius 1 is 1.31 bits per heavy atom. The molecule has 0 spiro atoms. The van der Waals surface area contributed by atoms with Crippen molar-refractivity contribution in [3.63, 3.8) is 0 Å². The Bertz CT molecular complexity index is 681. The molecule has 0 unspecified atom stereocenters. The third kappa shape index (κ3) is 9.13. The molecule has 164 valence electrons. The van der Waals surface area contributed by atoms with E-state index in [4.69, 9.17) is 4.99 Å². The van der Waals surface area contributed by atoms with Gasteiger partial charge >= 0.3 is 0 Å². The van der Waals surface area contributed by atoms with E-state index < -0.39 is 0 Å². The van der Waals surface area contributed by atoms with Gasteiger partial charge < -0.3 is 20.4 Å². The van der Waals surface area contributed by atoms with E-state index in [2.05, 4.69) is 36.3 Å². The summed E-state index contributed by atoms with van der Waals surface area (Å²) in [5.41, 5.74) is 1.73. The maximum absolute atomic E-state index is 12.3. The van der Waals surface area contributed by atoms with Crippen LogP contribution in [-0.4, -0.2) is 79.0 Å². The Morgan fingerprint density at radius 2 is 2.07 bits per heavy atom. The van der Waals surface area contributed by atoms with Crippen LogP contribution < -0.4 is 10.6 Å². The lowest BCUT2D eigenvalue weighted by atomic mass is 10.1. The third-order valence-electron chi connectivity index (χ3n) is 4.51. The van der Waals surface area contributed by atoms with Gasteiger partial charge in [-0.1, -0.05) is 12.1 Å². The van der Waals surface area contributed by atoms with Gasteiger partial charge in [-0.3, -0.25) is 4.79 Å². The van der Waals surface area contributed by atoms with Gasteiger partial charge in [0.2, 0.25) is 0 Å². The fourth-order valence-electron chi connectivity index (χ4n) is 3.10. The van der Waals surface area contributed by atoms with Crippen molar-refractivity contribution in [3.05, 3.63) is 35.4 Å². The molecule has 0 bridgehead atoms. The highest BCUT2D eigenvalue weighted by Crippen LogP contribution is 2.29. The maximum Gasteiger partial charge on any atom is 0.251 e. The number of carbonyl (C=O) groups is 1. The number of benzene rings is 1. The van der Waals surface area contributed by atoms with Gasteiger partial charge in [0.05, 0.1) is 6.54 Å². The second-order valence-corrected chi connectivity index (χ2v) is 9.76. The summed E-state index contributed by atoms with van der Waals surface area (Å²) in [6.45, 7) is 11.5. The van der Waals surface area contributed by atoms with Crippen molar-refractivity contribution in [2.45, 2.75) is 32.1 Å². The number of hydrogen-bond donors (Lipinski definition) is 2. The lowest BCUT2D eigenvalue weighted by molar-refractivity contribution is 0.0951. The van der Waals surface area contributed by atoms with Crippen molar-refractivity contribution >= 4 is 47.6 Å². The zero-order valence-electron chi connectivity index (χ0n) is 18.3. The van der Waals surface area contributed by atoms with E-state index in [0.29, 0.717) is 18.7 Å². The average Bonchev–Trinajstić information content (AvgIpc) is 2.64. The van der Waals surface area contributed by atoms with Crippen molar-refractivity contribution < 1.29 is 4.79 Å². The second-order valence-electron chi connectivity index (χ2n) is 7.96. The summed E-state index contributed by atoms with van der Waals surface area (Å²) < 4.78 is 0.235. The highest BCUT2D eigenvalue weighted by atomic mass is 127. The molecule has 0 atom stereocenters. The summed E-state index contributed by atoms with van der Waals surface area (Å²) in [6.07, 6.45) is 0. The summed E-state index contributed by atoms with van der Waals surface area (Å²) >= 11 is 2.02. The molecule has 0 aromatic heterocycles. The van der Waals surface area contributed by atoms with Crippen LogP contribution in [0.2, 0.25) is 0 Å². The number of aliphatic imine (C=N–C) groups is 1. The molecule has 8 heteroatoms. The molecule has 1 aliphatic rings. The largest absolute Gasteiger partial charge is 0.357 e. The molecule has 0 saturated carbocycles. The first-order valence-electron chi connectivity index (χ1n) is 10.00. The molecule has 1 saturated heterocycles. The number of guanidine groups is 1. The molecule has 29 heavy (non-hydrogen) atoms. The molecule has 1 aliphatic heterocycles. The minimum Gasteiger partial charge on any atom is -0.357 e. The number of hydrogen-bond acceptors (Lipinski definition) is 4. The number of nitrogens with zero attached hydrogens (tertiary/aromatic N) is 3. The Hall–Kier alpha value is -1.00. The number of rotatable bonds is 7. The molecule has 1 amide bonds. The number of nitrogens with one attached hydrogen (secondary N) is 2. The lowest BCUT2D eigenvalue weighted by Gasteiger charge is -2.39. The predicted molar refractivity (Wildman–Crippen MR) is 136 cm³/mol. The summed E-state index contributed by atoms with van der Waals surface area (Å²) in [7, 11) is 3.99. The van der Waals surface area contributed by atoms with Gasteiger partial charge in [0.15, 0.2) is 5.96 Å². The first-order chi connectivity index (χ1) is 13.3. The minimum atomic E-state index is -0.0330. The molecule has 1 aromatic carbocycles. The molecule has 0 aliphatic carbocycles. The first kappa shape index (κ1) is 26.0. The second kappa shape index (κ2) is 12.6. The van der Waals surface area contributed by atoms with E-state index in [0.717, 1.165) is 43.5 Å². The number of carbonyl (C=O) groups excluding carboxylic acids is 1. The number of likely N-dealkylation sites (N-methyl/N-ethyl adjacent to an activating group) is 1. The van der Waals surface area contributed by atoms with Gasteiger partial charge in [-0.15, -0.1) is 24.0 Å². The summed E-state index contributed by atoms with van der Waals surface area (Å²) in [5.74, 6) is 2.03. The smallest absolute Gasteiger partial charge is 0.251 e. The van der Waals surface area contributed by atoms with Crippen molar-refractivity contribution in [3.8, 4) is 0 Å². The lowest BCUT2D eigenvalue weighted by Crippen LogP contribution is -2.50. The molecule has 2 rings (SSSR count). The van der Waals surface area contributed by atoms with Crippen LogP contribution in [0.3, 0.4) is 0 Å². The molecular weight excluding hydrogens is 497 g/mol. The zero-order valence-corrected chi connectivity index (χ0v) is 21.5. The van der Waals surface area contributed by atoms with Crippen LogP contribution in [-0.2, 0) is 6.54 Å². The standard InChI is InChI=1S/C21H35N5OS.HI/c1-6-22-20(26-12-13-28-21(2,3)16-26)24-15-17-8-7-9-18(14-17)19(27)23-10-11-25(4)5;/h7-9,14H,6,10-13,15-16H2,1-5H3,(H,22,24)(H,23,27);1H. The van der Waals surface area contributed by atoms with Gasteiger partial charge in [-0.05, 0) is 52.6 Å². The van der Waals surface area contributed by atoms with E-state index in [1.165, 1.54) is 0 Å². The normalized spacial score (nSPS) is 16.3. The van der Waals surface area contributed by atoms with Crippen LogP contribution in [0.25, 0.3) is 0 Å². The van der Waals surface area contributed by atoms with Crippen molar-refractivity contribution in [1.82, 2.24) is 20.4 Å². The fraction of sp³-hybridized carbons (Fsp3) is 0.619. The fourth-order valence-corrected chi connectivity index (χ4v) is 4.21. The van der Waals surface area contributed by atoms with Gasteiger partial charge in [-0.2, -0.15) is 11.8 Å². The highest BCUT2D eigenvalue weighted by Gasteiger charge is 2.28. The monoisotopic (exact) mass is 533 g/mol. The maximum atomic E-state index is 12.3. The minimum absolute atomic E-state index is 0. The molecule has 1 heterocycles. The SMILES string of the molecule is CCNC(=NCc1cccc(C(=O)NCCN(C)C)c1)N1CCSC(C)(C)C1.I. The van der Waals surface area contributed by atoms with Crippen LogP contribution in [0.4, 0.5) is 0 Å². The summed E-state index contributed by atoms with van der Waals surface area (Å²) in [6, 6.07) is 7.75. The average molecular weight is 534 g/mol. The zero-order chi connectivity index (χ0) is 20.6. The van der Waals surface area contributed by atoms with Crippen LogP contribution in [0, 0.1) is 0 Å². The van der Waals surface area contributed by atoms with Crippen LogP contribution >= 0.6 is 35.7 Å². The van der Waals surface area contributed by atoms with Crippen LogP contribution in [0.5, 0.6) is 0 Å². The van der Waals surface area contributed by atoms with Crippen molar-refractivity contribution in [2.75, 3.05) is 52.6 Å². The Kier molecular flexibility index (Phi) is 11.3. The highest BCUT2D eigenvalue weighted by molar-refractivity contribution is 14.0. The topological polar surface area (TPSA) is 60.0 Å². The number of amides is 1. The van der Waals surface area contributed by atoms with Gasteiger partial charge in [0.25, 0.3) is 5.91 Å². The molecule has 2 N–H and O–H groups in total. The Morgan fingerprint density at radius 3 is 2.72 bits per heavy atom. The van der Waals surface area contributed by atoms with E-state index in [1.54, 1.807) is 0 Å². The molecule has 0 radical (unpaired) electrons. The summed E-state index contributed by atoms with van der Waals surface area (Å²) in [5, 5.41) is 6.38. The van der Waals surface area contributed by atoms with Gasteiger partial charge in [-0.25, -0.2) is 4.99 Å². The first-order valence-corrected chi connectivity index (χ1v) is 11.0. The van der Waals surface area contributed by atoms with E-state index in [9.17, 15) is 4.79 Å². The van der Waals surface area contributed by atoms with Gasteiger partial charge in [0.1, 0.15) is 0 Å². The van der Waals surface area contributed by atoms with E-state index in [1.807, 2.05) is 55.0 Å². The van der Waals surface area contributed by atoms with E-state index in [-0.39, 0.29) is 34.6 Å². The third-order valence-corrected chi connectivity index (χ3v) is 5.80. The molecule has 1 aromatic rings. The van der Waals surface area contributed by atoms with Crippen LogP contribution in [0.1, 0.15) is 36.7 Å². The quantitative estimate of drug-likeness (QED) is 0.321. The molecule has 1 fully saturated rings. The number of halogens is 1. The van der Waals surface area contributed by atoms with Gasteiger partial charge in [0, 0.05) is 48.8 Å². The number of thioether (sulfide) groups is 1.